The van der Waals surface area contributed by atoms with Crippen molar-refractivity contribution in [1.29, 1.82) is 0 Å². The molecule has 4 heteroatoms. The van der Waals surface area contributed by atoms with E-state index >= 15 is 0 Å². The van der Waals surface area contributed by atoms with Crippen molar-refractivity contribution in [2.24, 2.45) is 0 Å². The van der Waals surface area contributed by atoms with Gasteiger partial charge in [-0.05, 0) is 26.8 Å². The van der Waals surface area contributed by atoms with Gasteiger partial charge in [0, 0.05) is 16.8 Å². The van der Waals surface area contributed by atoms with E-state index in [0.29, 0.717) is 22.6 Å². The summed E-state index contributed by atoms with van der Waals surface area (Å²) in [4.78, 5) is 12.3. The summed E-state index contributed by atoms with van der Waals surface area (Å²) in [7, 11) is 0. The lowest BCUT2D eigenvalue weighted by Crippen LogP contribution is -2.14. The van der Waals surface area contributed by atoms with E-state index in [1.54, 1.807) is 19.1 Å². The van der Waals surface area contributed by atoms with Crippen molar-refractivity contribution in [3.63, 3.8) is 0 Å². The Morgan fingerprint density at radius 3 is 2.47 bits per heavy atom. The second-order valence-electron chi connectivity index (χ2n) is 4.48. The van der Waals surface area contributed by atoms with Crippen molar-refractivity contribution in [3.05, 3.63) is 52.5 Å². The molecule has 100 valence electrons. The number of hydrogen-bond acceptors (Lipinski definition) is 3. The summed E-state index contributed by atoms with van der Waals surface area (Å²) in [6.07, 6.45) is 0. The molecule has 2 N–H and O–H groups in total. The number of aryl methyl sites for hydroxylation is 2. The fraction of sp³-hybridized carbons (Fsp3) is 0.267. The van der Waals surface area contributed by atoms with E-state index in [4.69, 9.17) is 4.42 Å². The summed E-state index contributed by atoms with van der Waals surface area (Å²) in [6.45, 7) is 5.35. The van der Waals surface area contributed by atoms with Crippen LogP contribution in [0.4, 0.5) is 5.69 Å². The highest BCUT2D eigenvalue weighted by molar-refractivity contribution is 6.06. The lowest BCUT2D eigenvalue weighted by Gasteiger charge is -2.09. The number of furan rings is 1. The number of aliphatic hydroxyl groups is 1. The van der Waals surface area contributed by atoms with E-state index in [0.717, 1.165) is 11.3 Å². The normalized spacial score (nSPS) is 10.5. The molecule has 1 heterocycles. The van der Waals surface area contributed by atoms with Crippen LogP contribution < -0.4 is 5.32 Å². The van der Waals surface area contributed by atoms with Crippen LogP contribution in [0, 0.1) is 20.8 Å². The highest BCUT2D eigenvalue weighted by Crippen LogP contribution is 2.23. The zero-order valence-corrected chi connectivity index (χ0v) is 11.3. The summed E-state index contributed by atoms with van der Waals surface area (Å²) < 4.78 is 5.45. The van der Waals surface area contributed by atoms with Gasteiger partial charge in [-0.15, -0.1) is 0 Å². The van der Waals surface area contributed by atoms with Gasteiger partial charge >= 0.3 is 0 Å². The summed E-state index contributed by atoms with van der Waals surface area (Å²) in [5.74, 6) is 1.14. The molecule has 0 fully saturated rings. The van der Waals surface area contributed by atoms with Crippen LogP contribution in [0.1, 0.15) is 33.0 Å². The van der Waals surface area contributed by atoms with Gasteiger partial charge in [0.15, 0.2) is 0 Å². The first kappa shape index (κ1) is 13.4. The third-order valence-electron chi connectivity index (χ3n) is 3.22. The maximum Gasteiger partial charge on any atom is 0.259 e. The Morgan fingerprint density at radius 1 is 1.21 bits per heavy atom. The average Bonchev–Trinajstić information content (AvgIpc) is 2.64. The molecule has 0 spiro atoms. The predicted molar refractivity (Wildman–Crippen MR) is 73.2 cm³/mol. The summed E-state index contributed by atoms with van der Waals surface area (Å²) in [5.41, 5.74) is 2.71. The minimum atomic E-state index is -0.215. The molecular formula is C15H17NO3. The van der Waals surface area contributed by atoms with Gasteiger partial charge in [-0.1, -0.05) is 18.2 Å². The topological polar surface area (TPSA) is 62.5 Å². The molecule has 0 bridgehead atoms. The molecule has 0 aliphatic carbocycles. The largest absolute Gasteiger partial charge is 0.466 e. The minimum absolute atomic E-state index is 0.112. The number of para-hydroxylation sites is 1. The van der Waals surface area contributed by atoms with Crippen molar-refractivity contribution in [2.75, 3.05) is 5.32 Å². The zero-order valence-electron chi connectivity index (χ0n) is 11.3. The van der Waals surface area contributed by atoms with Gasteiger partial charge < -0.3 is 14.8 Å². The standard InChI is InChI=1S/C15H17NO3/c1-9-10(2)19-11(3)14(9)15(18)16-13-7-5-4-6-12(13)8-17/h4-7,17H,8H2,1-3H3,(H,16,18). The molecular weight excluding hydrogens is 242 g/mol. The number of rotatable bonds is 3. The quantitative estimate of drug-likeness (QED) is 0.890. The number of carbonyl (C=O) groups excluding carboxylic acids is 1. The van der Waals surface area contributed by atoms with Crippen LogP contribution in [0.2, 0.25) is 0 Å². The molecule has 0 atom stereocenters. The molecule has 0 aliphatic heterocycles. The van der Waals surface area contributed by atoms with Gasteiger partial charge in [-0.2, -0.15) is 0 Å². The second kappa shape index (κ2) is 5.28. The predicted octanol–water partition coefficient (Wildman–Crippen LogP) is 2.95. The van der Waals surface area contributed by atoms with Crippen LogP contribution in [0.15, 0.2) is 28.7 Å². The molecule has 0 radical (unpaired) electrons. The maximum absolute atomic E-state index is 12.3. The molecule has 0 saturated heterocycles. The van der Waals surface area contributed by atoms with Crippen LogP contribution in [-0.4, -0.2) is 11.0 Å². The Bertz CT molecular complexity index is 614. The number of carbonyl (C=O) groups is 1. The average molecular weight is 259 g/mol. The Kier molecular flexibility index (Phi) is 3.71. The van der Waals surface area contributed by atoms with Crippen LogP contribution in [0.25, 0.3) is 0 Å². The Hall–Kier alpha value is -2.07. The number of aliphatic hydroxyl groups excluding tert-OH is 1. The molecule has 0 aliphatic rings. The molecule has 2 rings (SSSR count). The van der Waals surface area contributed by atoms with Gasteiger partial charge in [0.05, 0.1) is 12.2 Å². The summed E-state index contributed by atoms with van der Waals surface area (Å²) in [6, 6.07) is 7.17. The lowest BCUT2D eigenvalue weighted by atomic mass is 10.1. The number of benzene rings is 1. The van der Waals surface area contributed by atoms with Crippen LogP contribution in [0.3, 0.4) is 0 Å². The molecule has 4 nitrogen and oxygen atoms in total. The lowest BCUT2D eigenvalue weighted by molar-refractivity contribution is 0.102. The molecule has 1 amide bonds. The Morgan fingerprint density at radius 2 is 1.89 bits per heavy atom. The maximum atomic E-state index is 12.3. The molecule has 1 aromatic heterocycles. The first-order valence-electron chi connectivity index (χ1n) is 6.11. The molecule has 0 saturated carbocycles. The highest BCUT2D eigenvalue weighted by Gasteiger charge is 2.19. The molecule has 0 unspecified atom stereocenters. The van der Waals surface area contributed by atoms with E-state index < -0.39 is 0 Å². The van der Waals surface area contributed by atoms with Gasteiger partial charge in [0.25, 0.3) is 5.91 Å². The summed E-state index contributed by atoms with van der Waals surface area (Å²) >= 11 is 0. The van der Waals surface area contributed by atoms with E-state index in [-0.39, 0.29) is 12.5 Å². The van der Waals surface area contributed by atoms with Crippen molar-refractivity contribution in [2.45, 2.75) is 27.4 Å². The van der Waals surface area contributed by atoms with E-state index in [9.17, 15) is 9.90 Å². The van der Waals surface area contributed by atoms with Crippen LogP contribution in [0.5, 0.6) is 0 Å². The monoisotopic (exact) mass is 259 g/mol. The number of nitrogens with one attached hydrogen (secondary N) is 1. The number of anilines is 1. The SMILES string of the molecule is Cc1oc(C)c(C(=O)Nc2ccccc2CO)c1C. The molecule has 1 aromatic carbocycles. The third-order valence-corrected chi connectivity index (χ3v) is 3.22. The Labute approximate surface area is 112 Å². The smallest absolute Gasteiger partial charge is 0.259 e. The first-order valence-corrected chi connectivity index (χ1v) is 6.11. The van der Waals surface area contributed by atoms with E-state index in [1.807, 2.05) is 26.0 Å². The summed E-state index contributed by atoms with van der Waals surface area (Å²) in [5, 5.41) is 12.1. The first-order chi connectivity index (χ1) is 9.04. The van der Waals surface area contributed by atoms with Gasteiger partial charge in [0.1, 0.15) is 11.5 Å². The van der Waals surface area contributed by atoms with Gasteiger partial charge in [-0.25, -0.2) is 0 Å². The molecule has 19 heavy (non-hydrogen) atoms. The fourth-order valence-corrected chi connectivity index (χ4v) is 2.09. The highest BCUT2D eigenvalue weighted by atomic mass is 16.3. The third kappa shape index (κ3) is 2.53. The Balaban J connectivity index is 2.31. The zero-order chi connectivity index (χ0) is 14.0. The fourth-order valence-electron chi connectivity index (χ4n) is 2.09. The second-order valence-corrected chi connectivity index (χ2v) is 4.48. The van der Waals surface area contributed by atoms with Gasteiger partial charge in [0.2, 0.25) is 0 Å². The van der Waals surface area contributed by atoms with Crippen LogP contribution >= 0.6 is 0 Å². The number of amides is 1. The van der Waals surface area contributed by atoms with Crippen molar-refractivity contribution in [3.8, 4) is 0 Å². The minimum Gasteiger partial charge on any atom is -0.466 e. The number of hydrogen-bond donors (Lipinski definition) is 2. The van der Waals surface area contributed by atoms with E-state index in [1.165, 1.54) is 0 Å². The van der Waals surface area contributed by atoms with Gasteiger partial charge in [-0.3, -0.25) is 4.79 Å². The van der Waals surface area contributed by atoms with Crippen molar-refractivity contribution in [1.82, 2.24) is 0 Å². The van der Waals surface area contributed by atoms with Crippen LogP contribution in [-0.2, 0) is 6.61 Å². The van der Waals surface area contributed by atoms with Crippen molar-refractivity contribution < 1.29 is 14.3 Å². The molecule has 2 aromatic rings. The van der Waals surface area contributed by atoms with Crippen molar-refractivity contribution >= 4 is 11.6 Å². The van der Waals surface area contributed by atoms with E-state index in [2.05, 4.69) is 5.32 Å².